The van der Waals surface area contributed by atoms with E-state index in [1.807, 2.05) is 32.0 Å². The molecule has 2 atom stereocenters. The van der Waals surface area contributed by atoms with Crippen molar-refractivity contribution in [3.63, 3.8) is 0 Å². The van der Waals surface area contributed by atoms with Gasteiger partial charge in [0.1, 0.15) is 30.8 Å². The molecule has 1 aromatic rings. The predicted molar refractivity (Wildman–Crippen MR) is 145 cm³/mol. The summed E-state index contributed by atoms with van der Waals surface area (Å²) < 4.78 is 10.4. The Bertz CT molecular complexity index is 1020. The first kappa shape index (κ1) is 33.9. The second-order valence-electron chi connectivity index (χ2n) is 10.5. The number of nitrogens with one attached hydrogen (secondary N) is 4. The fraction of sp³-hybridized carbons (Fsp3) is 0.556. The van der Waals surface area contributed by atoms with Crippen LogP contribution >= 0.6 is 0 Å². The van der Waals surface area contributed by atoms with Gasteiger partial charge < -0.3 is 36.5 Å². The zero-order valence-corrected chi connectivity index (χ0v) is 23.7. The van der Waals surface area contributed by atoms with E-state index in [1.54, 1.807) is 32.9 Å². The van der Waals surface area contributed by atoms with E-state index in [0.29, 0.717) is 6.42 Å². The lowest BCUT2D eigenvalue weighted by Gasteiger charge is -2.21. The molecule has 1 rings (SSSR count). The zero-order chi connectivity index (χ0) is 30.3. The number of rotatable bonds is 15. The van der Waals surface area contributed by atoms with Gasteiger partial charge in [0.25, 0.3) is 0 Å². The Labute approximate surface area is 234 Å². The molecule has 0 saturated heterocycles. The number of nitrogens with two attached hydrogens (primary N) is 1. The van der Waals surface area contributed by atoms with Gasteiger partial charge in [0.2, 0.25) is 23.6 Å². The minimum Gasteiger partial charge on any atom is -0.459 e. The van der Waals surface area contributed by atoms with Crippen molar-refractivity contribution in [3.8, 4) is 0 Å². The van der Waals surface area contributed by atoms with Gasteiger partial charge in [0.15, 0.2) is 0 Å². The normalized spacial score (nSPS) is 12.4. The third kappa shape index (κ3) is 15.3. The molecule has 0 saturated carbocycles. The molecular formula is C27H41N5O8. The molecular weight excluding hydrogens is 522 g/mol. The monoisotopic (exact) mass is 563 g/mol. The van der Waals surface area contributed by atoms with E-state index in [9.17, 15) is 28.8 Å². The van der Waals surface area contributed by atoms with Crippen molar-refractivity contribution >= 4 is 35.7 Å². The van der Waals surface area contributed by atoms with E-state index in [1.165, 1.54) is 0 Å². The number of esters is 1. The minimum absolute atomic E-state index is 0.0465. The Balaban J connectivity index is 2.68. The molecule has 6 N–H and O–H groups in total. The van der Waals surface area contributed by atoms with E-state index in [0.717, 1.165) is 5.56 Å². The maximum atomic E-state index is 12.7. The van der Waals surface area contributed by atoms with E-state index < -0.39 is 66.5 Å². The van der Waals surface area contributed by atoms with E-state index in [2.05, 4.69) is 21.3 Å². The predicted octanol–water partition coefficient (Wildman–Crippen LogP) is 0.652. The maximum Gasteiger partial charge on any atom is 0.408 e. The standard InChI is InChI=1S/C27H41N5O8/c1-17(2)13-20(25(37)39-16-18-9-7-6-8-10-18)32-22(34)14-29-24(36)19(11-12-21(28)33)31-23(35)15-30-26(38)40-27(3,4)5/h6-10,17,19-20H,11-16H2,1-5H3,(H2,28,33)(H,29,36)(H,30,38)(H,31,35)(H,32,34)/t19-,20-/m0/s1. The lowest BCUT2D eigenvalue weighted by atomic mass is 10.0. The first-order chi connectivity index (χ1) is 18.7. The van der Waals surface area contributed by atoms with Crippen molar-refractivity contribution in [2.45, 2.75) is 78.2 Å². The molecule has 1 aromatic carbocycles. The van der Waals surface area contributed by atoms with Crippen molar-refractivity contribution in [2.75, 3.05) is 13.1 Å². The Kier molecular flexibility index (Phi) is 14.2. The summed E-state index contributed by atoms with van der Waals surface area (Å²) in [6.07, 6.45) is -0.859. The molecule has 0 fully saturated rings. The third-order valence-electron chi connectivity index (χ3n) is 5.10. The number of carbonyl (C=O) groups excluding carboxylic acids is 6. The zero-order valence-electron chi connectivity index (χ0n) is 23.7. The highest BCUT2D eigenvalue weighted by Crippen LogP contribution is 2.09. The molecule has 0 aromatic heterocycles. The summed E-state index contributed by atoms with van der Waals surface area (Å²) in [6.45, 7) is 7.80. The third-order valence-corrected chi connectivity index (χ3v) is 5.10. The van der Waals surface area contributed by atoms with Crippen LogP contribution in [0.3, 0.4) is 0 Å². The van der Waals surface area contributed by atoms with Gasteiger partial charge in [0.05, 0.1) is 6.54 Å². The van der Waals surface area contributed by atoms with Crippen LogP contribution in [0.2, 0.25) is 0 Å². The summed E-state index contributed by atoms with van der Waals surface area (Å²) in [7, 11) is 0. The first-order valence-corrected chi connectivity index (χ1v) is 13.0. The molecule has 40 heavy (non-hydrogen) atoms. The summed E-state index contributed by atoms with van der Waals surface area (Å²) in [4.78, 5) is 73.2. The summed E-state index contributed by atoms with van der Waals surface area (Å²) in [5, 5.41) is 9.61. The van der Waals surface area contributed by atoms with Crippen LogP contribution in [0.1, 0.15) is 59.4 Å². The van der Waals surface area contributed by atoms with E-state index >= 15 is 0 Å². The van der Waals surface area contributed by atoms with Gasteiger partial charge in [-0.15, -0.1) is 0 Å². The summed E-state index contributed by atoms with van der Waals surface area (Å²) in [6, 6.07) is 6.94. The number of primary amides is 1. The highest BCUT2D eigenvalue weighted by atomic mass is 16.6. The largest absolute Gasteiger partial charge is 0.459 e. The van der Waals surface area contributed by atoms with Crippen LogP contribution in [0.15, 0.2) is 30.3 Å². The van der Waals surface area contributed by atoms with Crippen LogP contribution in [0, 0.1) is 5.92 Å². The van der Waals surface area contributed by atoms with Crippen molar-refractivity contribution in [3.05, 3.63) is 35.9 Å². The number of alkyl carbamates (subject to hydrolysis) is 1. The molecule has 0 heterocycles. The molecule has 0 unspecified atom stereocenters. The molecule has 13 nitrogen and oxygen atoms in total. The number of hydrogen-bond donors (Lipinski definition) is 5. The molecule has 0 spiro atoms. The maximum absolute atomic E-state index is 12.7. The summed E-state index contributed by atoms with van der Waals surface area (Å²) >= 11 is 0. The molecule has 0 aliphatic heterocycles. The lowest BCUT2D eigenvalue weighted by Crippen LogP contribution is -2.52. The van der Waals surface area contributed by atoms with Gasteiger partial charge in [-0.25, -0.2) is 9.59 Å². The molecule has 222 valence electrons. The molecule has 0 aliphatic carbocycles. The Morgan fingerprint density at radius 3 is 2.00 bits per heavy atom. The van der Waals surface area contributed by atoms with Gasteiger partial charge in [-0.3, -0.25) is 19.2 Å². The van der Waals surface area contributed by atoms with Gasteiger partial charge in [0, 0.05) is 6.42 Å². The Hall–Kier alpha value is -4.16. The van der Waals surface area contributed by atoms with Crippen molar-refractivity contribution in [1.82, 2.24) is 21.3 Å². The first-order valence-electron chi connectivity index (χ1n) is 13.0. The van der Waals surface area contributed by atoms with Crippen LogP contribution in [0.25, 0.3) is 0 Å². The van der Waals surface area contributed by atoms with Crippen molar-refractivity contribution in [1.29, 1.82) is 0 Å². The molecule has 0 aliphatic rings. The second kappa shape index (κ2) is 16.7. The van der Waals surface area contributed by atoms with Crippen LogP contribution in [-0.2, 0) is 40.1 Å². The summed E-state index contributed by atoms with van der Waals surface area (Å²) in [5.41, 5.74) is 5.20. The fourth-order valence-corrected chi connectivity index (χ4v) is 3.32. The van der Waals surface area contributed by atoms with Crippen molar-refractivity contribution < 1.29 is 38.2 Å². The van der Waals surface area contributed by atoms with Crippen LogP contribution in [-0.4, -0.2) is 66.5 Å². The molecule has 0 bridgehead atoms. The Morgan fingerprint density at radius 2 is 1.45 bits per heavy atom. The highest BCUT2D eigenvalue weighted by molar-refractivity contribution is 5.92. The number of carbonyl (C=O) groups is 6. The second-order valence-corrected chi connectivity index (χ2v) is 10.5. The summed E-state index contributed by atoms with van der Waals surface area (Å²) in [5.74, 6) is -3.37. The van der Waals surface area contributed by atoms with Gasteiger partial charge in [-0.1, -0.05) is 44.2 Å². The average Bonchev–Trinajstić information content (AvgIpc) is 2.85. The number of amides is 5. The van der Waals surface area contributed by atoms with Crippen LogP contribution < -0.4 is 27.0 Å². The number of benzene rings is 1. The van der Waals surface area contributed by atoms with Crippen LogP contribution in [0.5, 0.6) is 0 Å². The molecule has 0 radical (unpaired) electrons. The van der Waals surface area contributed by atoms with Gasteiger partial charge >= 0.3 is 12.1 Å². The fourth-order valence-electron chi connectivity index (χ4n) is 3.32. The van der Waals surface area contributed by atoms with Crippen LogP contribution in [0.4, 0.5) is 4.79 Å². The van der Waals surface area contributed by atoms with Gasteiger partial charge in [-0.05, 0) is 45.1 Å². The van der Waals surface area contributed by atoms with Gasteiger partial charge in [-0.2, -0.15) is 0 Å². The van der Waals surface area contributed by atoms with E-state index in [4.69, 9.17) is 15.2 Å². The average molecular weight is 564 g/mol. The number of ether oxygens (including phenoxy) is 2. The minimum atomic E-state index is -1.21. The smallest absolute Gasteiger partial charge is 0.408 e. The highest BCUT2D eigenvalue weighted by Gasteiger charge is 2.26. The topological polar surface area (TPSA) is 195 Å². The molecule has 5 amide bonds. The SMILES string of the molecule is CC(C)C[C@H](NC(=O)CNC(=O)[C@H](CCC(N)=O)NC(=O)CNC(=O)OC(C)(C)C)C(=O)OCc1ccccc1. The quantitative estimate of drug-likeness (QED) is 0.192. The number of hydrogen-bond acceptors (Lipinski definition) is 8. The van der Waals surface area contributed by atoms with E-state index in [-0.39, 0.29) is 25.4 Å². The Morgan fingerprint density at radius 1 is 0.875 bits per heavy atom. The lowest BCUT2D eigenvalue weighted by molar-refractivity contribution is -0.149. The van der Waals surface area contributed by atoms with Crippen molar-refractivity contribution in [2.24, 2.45) is 11.7 Å². The molecule has 13 heteroatoms.